The summed E-state index contributed by atoms with van der Waals surface area (Å²) >= 11 is 0. The van der Waals surface area contributed by atoms with Crippen LogP contribution in [-0.2, 0) is 4.79 Å². The molecule has 0 spiro atoms. The molecule has 6 nitrogen and oxygen atoms in total. The quantitative estimate of drug-likeness (QED) is 0.385. The van der Waals surface area contributed by atoms with E-state index < -0.39 is 0 Å². The lowest BCUT2D eigenvalue weighted by Gasteiger charge is -2.30. The monoisotopic (exact) mass is 509 g/mol. The molecule has 2 unspecified atom stereocenters. The van der Waals surface area contributed by atoms with Gasteiger partial charge in [0.15, 0.2) is 0 Å². The number of carbonyl (C=O) groups is 1. The van der Waals surface area contributed by atoms with Crippen LogP contribution in [0.2, 0.25) is 0 Å². The number of fused-ring (bicyclic) bond motifs is 1. The molecule has 0 bridgehead atoms. The Morgan fingerprint density at radius 1 is 1.00 bits per heavy atom. The van der Waals surface area contributed by atoms with Crippen LogP contribution in [-0.4, -0.2) is 42.6 Å². The minimum absolute atomic E-state index is 0.0993. The summed E-state index contributed by atoms with van der Waals surface area (Å²) in [6, 6.07) is 18.6. The average Bonchev–Trinajstić information content (AvgIpc) is 2.93. The molecule has 2 aromatic carbocycles. The molecule has 1 amide bonds. The van der Waals surface area contributed by atoms with Crippen LogP contribution in [0.25, 0.3) is 10.9 Å². The Morgan fingerprint density at radius 3 is 2.47 bits per heavy atom. The van der Waals surface area contributed by atoms with Gasteiger partial charge in [0.25, 0.3) is 0 Å². The van der Waals surface area contributed by atoms with E-state index in [1.807, 2.05) is 55.4 Å². The molecule has 1 aromatic heterocycles. The van der Waals surface area contributed by atoms with Crippen LogP contribution in [0.4, 0.5) is 11.8 Å². The second-order valence-corrected chi connectivity index (χ2v) is 11.0. The van der Waals surface area contributed by atoms with E-state index in [4.69, 9.17) is 9.97 Å². The summed E-state index contributed by atoms with van der Waals surface area (Å²) in [4.78, 5) is 25.1. The van der Waals surface area contributed by atoms with Crippen LogP contribution in [0.1, 0.15) is 50.5 Å². The predicted octanol–water partition coefficient (Wildman–Crippen LogP) is 6.09. The van der Waals surface area contributed by atoms with Crippen LogP contribution in [0.15, 0.2) is 78.4 Å². The van der Waals surface area contributed by atoms with Crippen molar-refractivity contribution in [1.82, 2.24) is 15.3 Å². The van der Waals surface area contributed by atoms with Crippen molar-refractivity contribution >= 4 is 28.6 Å². The fraction of sp³-hybridized carbons (Fsp3) is 0.406. The van der Waals surface area contributed by atoms with Gasteiger partial charge < -0.3 is 15.5 Å². The van der Waals surface area contributed by atoms with Gasteiger partial charge in [-0.25, -0.2) is 4.98 Å². The topological polar surface area (TPSA) is 70.2 Å². The van der Waals surface area contributed by atoms with E-state index in [2.05, 4.69) is 54.0 Å². The molecule has 1 heterocycles. The smallest absolute Gasteiger partial charge is 0.232 e. The zero-order valence-electron chi connectivity index (χ0n) is 22.7. The summed E-state index contributed by atoms with van der Waals surface area (Å²) < 4.78 is 0. The van der Waals surface area contributed by atoms with Crippen molar-refractivity contribution in [3.8, 4) is 0 Å². The van der Waals surface area contributed by atoms with Gasteiger partial charge in [-0.1, -0.05) is 67.6 Å². The number of allylic oxidation sites excluding steroid dienone is 3. The van der Waals surface area contributed by atoms with Crippen LogP contribution in [0.3, 0.4) is 0 Å². The average molecular weight is 510 g/mol. The van der Waals surface area contributed by atoms with Crippen molar-refractivity contribution in [3.05, 3.63) is 84.0 Å². The standard InChI is InChI=1S/C32H39N5O/c1-22-10-9-13-25(20-22)29(24-11-5-4-6-12-24)31(38)33-21-23-16-18-26(19-17-23)34-32-35-28-15-8-7-14-27(28)30(36-32)37(2)3/h4-9,11-15,20,22-23,26,29H,10,16-19,21H2,1-3H3,(H,33,38)(H,34,35,36). The van der Waals surface area contributed by atoms with Crippen LogP contribution < -0.4 is 15.5 Å². The number of anilines is 2. The number of hydrogen-bond acceptors (Lipinski definition) is 5. The predicted molar refractivity (Wildman–Crippen MR) is 156 cm³/mol. The Balaban J connectivity index is 1.18. The minimum Gasteiger partial charge on any atom is -0.362 e. The van der Waals surface area contributed by atoms with Crippen LogP contribution in [0.5, 0.6) is 0 Å². The lowest BCUT2D eigenvalue weighted by Crippen LogP contribution is -2.37. The molecule has 0 saturated heterocycles. The molecule has 2 N–H and O–H groups in total. The van der Waals surface area contributed by atoms with Gasteiger partial charge in [0, 0.05) is 32.1 Å². The molecule has 5 rings (SSSR count). The van der Waals surface area contributed by atoms with E-state index in [1.54, 1.807) is 0 Å². The third-order valence-corrected chi connectivity index (χ3v) is 7.78. The molecule has 38 heavy (non-hydrogen) atoms. The molecule has 2 aliphatic rings. The fourth-order valence-corrected chi connectivity index (χ4v) is 5.71. The number of amides is 1. The summed E-state index contributed by atoms with van der Waals surface area (Å²) in [6.45, 7) is 2.93. The Labute approximate surface area is 226 Å². The highest BCUT2D eigenvalue weighted by molar-refractivity contribution is 5.90. The zero-order chi connectivity index (χ0) is 26.5. The van der Waals surface area contributed by atoms with Crippen molar-refractivity contribution in [2.45, 2.75) is 51.0 Å². The Hall–Kier alpha value is -3.67. The van der Waals surface area contributed by atoms with Crippen molar-refractivity contribution in [2.24, 2.45) is 11.8 Å². The highest BCUT2D eigenvalue weighted by Gasteiger charge is 2.27. The summed E-state index contributed by atoms with van der Waals surface area (Å²) in [5.74, 6) is 2.40. The van der Waals surface area contributed by atoms with Gasteiger partial charge in [-0.15, -0.1) is 0 Å². The normalized spacial score (nSPS) is 22.0. The number of para-hydroxylation sites is 1. The number of aromatic nitrogens is 2. The lowest BCUT2D eigenvalue weighted by atomic mass is 9.84. The maximum atomic E-state index is 13.5. The number of benzene rings is 2. The van der Waals surface area contributed by atoms with Gasteiger partial charge in [0.2, 0.25) is 11.9 Å². The Morgan fingerprint density at radius 2 is 1.74 bits per heavy atom. The van der Waals surface area contributed by atoms with Gasteiger partial charge in [-0.3, -0.25) is 4.79 Å². The third kappa shape index (κ3) is 6.07. The van der Waals surface area contributed by atoms with E-state index in [9.17, 15) is 4.79 Å². The number of nitrogens with zero attached hydrogens (tertiary/aromatic N) is 3. The van der Waals surface area contributed by atoms with Gasteiger partial charge in [-0.05, 0) is 67.2 Å². The summed E-state index contributed by atoms with van der Waals surface area (Å²) in [5, 5.41) is 7.95. The first-order valence-electron chi connectivity index (χ1n) is 13.9. The third-order valence-electron chi connectivity index (χ3n) is 7.78. The minimum atomic E-state index is -0.260. The molecular formula is C32H39N5O. The number of carbonyl (C=O) groups excluding carboxylic acids is 1. The first-order valence-corrected chi connectivity index (χ1v) is 13.9. The summed E-state index contributed by atoms with van der Waals surface area (Å²) in [6.07, 6.45) is 11.8. The highest BCUT2D eigenvalue weighted by Crippen LogP contribution is 2.31. The van der Waals surface area contributed by atoms with Gasteiger partial charge in [0.05, 0.1) is 11.4 Å². The van der Waals surface area contributed by atoms with Crippen molar-refractivity contribution in [2.75, 3.05) is 30.9 Å². The molecule has 2 atom stereocenters. The van der Waals surface area contributed by atoms with E-state index in [1.165, 1.54) is 0 Å². The first kappa shape index (κ1) is 26.0. The first-order chi connectivity index (χ1) is 18.5. The van der Waals surface area contributed by atoms with Gasteiger partial charge in [-0.2, -0.15) is 4.98 Å². The molecule has 6 heteroatoms. The molecule has 1 saturated carbocycles. The van der Waals surface area contributed by atoms with Crippen molar-refractivity contribution < 1.29 is 4.79 Å². The Kier molecular flexibility index (Phi) is 8.06. The molecule has 0 aliphatic heterocycles. The maximum Gasteiger partial charge on any atom is 0.232 e. The van der Waals surface area contributed by atoms with Crippen molar-refractivity contribution in [3.63, 3.8) is 0 Å². The number of rotatable bonds is 8. The van der Waals surface area contributed by atoms with Crippen LogP contribution in [0, 0.1) is 11.8 Å². The molecular weight excluding hydrogens is 470 g/mol. The molecule has 3 aromatic rings. The van der Waals surface area contributed by atoms with Crippen LogP contribution >= 0.6 is 0 Å². The zero-order valence-corrected chi connectivity index (χ0v) is 22.7. The molecule has 2 aliphatic carbocycles. The summed E-state index contributed by atoms with van der Waals surface area (Å²) in [7, 11) is 4.03. The maximum absolute atomic E-state index is 13.5. The SMILES string of the molecule is CC1C=C(C(C(=O)NCC2CCC(Nc3nc(N(C)C)c4ccccc4n3)CC2)c2ccccc2)C=CC1. The molecule has 198 valence electrons. The van der Waals surface area contributed by atoms with E-state index in [0.717, 1.165) is 66.5 Å². The number of hydrogen-bond donors (Lipinski definition) is 2. The highest BCUT2D eigenvalue weighted by atomic mass is 16.1. The lowest BCUT2D eigenvalue weighted by molar-refractivity contribution is -0.121. The molecule has 0 radical (unpaired) electrons. The van der Waals surface area contributed by atoms with E-state index in [0.29, 0.717) is 23.8 Å². The second-order valence-electron chi connectivity index (χ2n) is 11.0. The van der Waals surface area contributed by atoms with Gasteiger partial charge in [0.1, 0.15) is 5.82 Å². The van der Waals surface area contributed by atoms with E-state index in [-0.39, 0.29) is 11.8 Å². The summed E-state index contributed by atoms with van der Waals surface area (Å²) in [5.41, 5.74) is 3.11. The fourth-order valence-electron chi connectivity index (χ4n) is 5.71. The van der Waals surface area contributed by atoms with Gasteiger partial charge >= 0.3 is 0 Å². The van der Waals surface area contributed by atoms with E-state index >= 15 is 0 Å². The largest absolute Gasteiger partial charge is 0.362 e. The Bertz CT molecular complexity index is 1310. The van der Waals surface area contributed by atoms with Crippen molar-refractivity contribution in [1.29, 1.82) is 0 Å². The second kappa shape index (κ2) is 11.8. The number of nitrogens with one attached hydrogen (secondary N) is 2. The molecule has 1 fully saturated rings.